The van der Waals surface area contributed by atoms with Gasteiger partial charge in [0.1, 0.15) is 5.82 Å². The van der Waals surface area contributed by atoms with Crippen LogP contribution in [0.25, 0.3) is 0 Å². The molecule has 1 unspecified atom stereocenters. The Balaban J connectivity index is 1.29. The van der Waals surface area contributed by atoms with Crippen LogP contribution in [0.2, 0.25) is 0 Å². The molecule has 2 fully saturated rings. The van der Waals surface area contributed by atoms with E-state index in [1.165, 1.54) is 12.1 Å². The maximum absolute atomic E-state index is 12.9. The van der Waals surface area contributed by atoms with E-state index in [1.54, 1.807) is 36.4 Å². The summed E-state index contributed by atoms with van der Waals surface area (Å²) in [4.78, 5) is 24.8. The van der Waals surface area contributed by atoms with Gasteiger partial charge in [0.25, 0.3) is 5.91 Å². The van der Waals surface area contributed by atoms with Crippen LogP contribution in [0.5, 0.6) is 0 Å². The minimum Gasteiger partial charge on any atom is -0.348 e. The van der Waals surface area contributed by atoms with Crippen molar-refractivity contribution in [3.63, 3.8) is 0 Å². The molecule has 2 aromatic carbocycles. The topological polar surface area (TPSA) is 70.2 Å². The second kappa shape index (κ2) is 7.72. The highest BCUT2D eigenvalue weighted by Crippen LogP contribution is 2.58. The summed E-state index contributed by atoms with van der Waals surface area (Å²) in [5.41, 5.74) is 2.25. The molecule has 1 atom stereocenters. The van der Waals surface area contributed by atoms with Gasteiger partial charge in [-0.1, -0.05) is 12.1 Å². The molecule has 1 heterocycles. The SMILES string of the molecule is O=C(NCc1ccc(F)cc1)c1ccc(NC(=O)C2CC23CCNCC3)cc1. The number of rotatable bonds is 5. The van der Waals surface area contributed by atoms with Crippen LogP contribution >= 0.6 is 0 Å². The smallest absolute Gasteiger partial charge is 0.251 e. The molecule has 2 aliphatic rings. The summed E-state index contributed by atoms with van der Waals surface area (Å²) in [7, 11) is 0. The van der Waals surface area contributed by atoms with E-state index >= 15 is 0 Å². The van der Waals surface area contributed by atoms with Gasteiger partial charge >= 0.3 is 0 Å². The number of hydrogen-bond acceptors (Lipinski definition) is 3. The normalized spacial score (nSPS) is 19.8. The van der Waals surface area contributed by atoms with Crippen molar-refractivity contribution in [2.24, 2.45) is 11.3 Å². The minimum atomic E-state index is -0.301. The molecular weight excluding hydrogens is 357 g/mol. The van der Waals surface area contributed by atoms with Gasteiger partial charge in [-0.3, -0.25) is 9.59 Å². The maximum atomic E-state index is 12.9. The van der Waals surface area contributed by atoms with E-state index < -0.39 is 0 Å². The van der Waals surface area contributed by atoms with Crippen molar-refractivity contribution in [1.82, 2.24) is 10.6 Å². The third-order valence-corrected chi connectivity index (χ3v) is 5.89. The molecule has 1 aliphatic heterocycles. The summed E-state index contributed by atoms with van der Waals surface area (Å²) < 4.78 is 12.9. The van der Waals surface area contributed by atoms with Crippen LogP contribution < -0.4 is 16.0 Å². The summed E-state index contributed by atoms with van der Waals surface area (Å²) >= 11 is 0. The van der Waals surface area contributed by atoms with Gasteiger partial charge < -0.3 is 16.0 Å². The van der Waals surface area contributed by atoms with Crippen molar-refractivity contribution in [3.05, 3.63) is 65.5 Å². The van der Waals surface area contributed by atoms with E-state index in [1.807, 2.05) is 0 Å². The Bertz CT molecular complexity index is 858. The third-order valence-electron chi connectivity index (χ3n) is 5.89. The molecule has 3 N–H and O–H groups in total. The molecule has 0 bridgehead atoms. The van der Waals surface area contributed by atoms with Crippen molar-refractivity contribution in [1.29, 1.82) is 0 Å². The lowest BCUT2D eigenvalue weighted by atomic mass is 9.92. The van der Waals surface area contributed by atoms with E-state index in [4.69, 9.17) is 0 Å². The Morgan fingerprint density at radius 3 is 2.39 bits per heavy atom. The van der Waals surface area contributed by atoms with Gasteiger partial charge in [0.2, 0.25) is 5.91 Å². The number of carbonyl (C=O) groups is 2. The standard InChI is InChI=1S/C22H24FN3O2/c23-17-5-1-15(2-6-17)14-25-20(27)16-3-7-18(8-4-16)26-21(28)19-13-22(19)9-11-24-12-10-22/h1-8,19,24H,9-14H2,(H,25,27)(H,26,28). The number of piperidine rings is 1. The van der Waals surface area contributed by atoms with Crippen molar-refractivity contribution in [2.75, 3.05) is 18.4 Å². The monoisotopic (exact) mass is 381 g/mol. The molecule has 1 saturated heterocycles. The Kier molecular flexibility index (Phi) is 5.13. The van der Waals surface area contributed by atoms with Gasteiger partial charge in [-0.25, -0.2) is 4.39 Å². The number of hydrogen-bond donors (Lipinski definition) is 3. The Hall–Kier alpha value is -2.73. The Labute approximate surface area is 163 Å². The fourth-order valence-electron chi connectivity index (χ4n) is 4.02. The quantitative estimate of drug-likeness (QED) is 0.745. The van der Waals surface area contributed by atoms with E-state index in [0.29, 0.717) is 17.8 Å². The van der Waals surface area contributed by atoms with Crippen LogP contribution in [0.3, 0.4) is 0 Å². The van der Waals surface area contributed by atoms with Crippen LogP contribution in [0.1, 0.15) is 35.2 Å². The van der Waals surface area contributed by atoms with Crippen LogP contribution in [-0.4, -0.2) is 24.9 Å². The zero-order valence-corrected chi connectivity index (χ0v) is 15.6. The molecule has 6 heteroatoms. The molecule has 146 valence electrons. The highest BCUT2D eigenvalue weighted by molar-refractivity contribution is 5.97. The fourth-order valence-corrected chi connectivity index (χ4v) is 4.02. The number of anilines is 1. The molecule has 1 saturated carbocycles. The highest BCUT2D eigenvalue weighted by Gasteiger charge is 2.57. The molecule has 0 aromatic heterocycles. The third kappa shape index (κ3) is 4.07. The zero-order valence-electron chi connectivity index (χ0n) is 15.6. The van der Waals surface area contributed by atoms with Crippen LogP contribution in [0.15, 0.2) is 48.5 Å². The average molecular weight is 381 g/mol. The van der Waals surface area contributed by atoms with E-state index in [2.05, 4.69) is 16.0 Å². The maximum Gasteiger partial charge on any atom is 0.251 e. The van der Waals surface area contributed by atoms with Gasteiger partial charge in [0.05, 0.1) is 0 Å². The zero-order chi connectivity index (χ0) is 19.6. The minimum absolute atomic E-state index is 0.0791. The molecule has 5 nitrogen and oxygen atoms in total. The van der Waals surface area contributed by atoms with Crippen molar-refractivity contribution in [3.8, 4) is 0 Å². The van der Waals surface area contributed by atoms with Crippen molar-refractivity contribution in [2.45, 2.75) is 25.8 Å². The molecule has 2 amide bonds. The molecule has 28 heavy (non-hydrogen) atoms. The van der Waals surface area contributed by atoms with Crippen LogP contribution in [0, 0.1) is 17.2 Å². The van der Waals surface area contributed by atoms with Crippen LogP contribution in [-0.2, 0) is 11.3 Å². The molecule has 4 rings (SSSR count). The van der Waals surface area contributed by atoms with E-state index in [9.17, 15) is 14.0 Å². The average Bonchev–Trinajstić information content (AvgIpc) is 3.41. The number of nitrogens with one attached hydrogen (secondary N) is 3. The van der Waals surface area contributed by atoms with E-state index in [-0.39, 0.29) is 29.0 Å². The van der Waals surface area contributed by atoms with Gasteiger partial charge in [-0.2, -0.15) is 0 Å². The lowest BCUT2D eigenvalue weighted by molar-refractivity contribution is -0.118. The summed E-state index contributed by atoms with van der Waals surface area (Å²) in [5.74, 6) is -0.327. The second-order valence-electron chi connectivity index (χ2n) is 7.74. The second-order valence-corrected chi connectivity index (χ2v) is 7.74. The summed E-state index contributed by atoms with van der Waals surface area (Å²) in [6.07, 6.45) is 3.11. The lowest BCUT2D eigenvalue weighted by Crippen LogP contribution is -2.31. The summed E-state index contributed by atoms with van der Waals surface area (Å²) in [6.45, 7) is 2.31. The van der Waals surface area contributed by atoms with Gasteiger partial charge in [-0.15, -0.1) is 0 Å². The molecular formula is C22H24FN3O2. The summed E-state index contributed by atoms with van der Waals surface area (Å²) in [6, 6.07) is 12.9. The van der Waals surface area contributed by atoms with E-state index in [0.717, 1.165) is 37.9 Å². The predicted octanol–water partition coefficient (Wildman–Crippen LogP) is 3.08. The highest BCUT2D eigenvalue weighted by atomic mass is 19.1. The Morgan fingerprint density at radius 1 is 1.04 bits per heavy atom. The number of amides is 2. The molecule has 1 spiro atoms. The first kappa shape index (κ1) is 18.6. The van der Waals surface area contributed by atoms with Gasteiger partial charge in [-0.05, 0) is 79.7 Å². The van der Waals surface area contributed by atoms with Gasteiger partial charge in [0, 0.05) is 23.7 Å². The largest absolute Gasteiger partial charge is 0.348 e. The first-order chi connectivity index (χ1) is 13.6. The molecule has 1 aliphatic carbocycles. The first-order valence-corrected chi connectivity index (χ1v) is 9.70. The predicted molar refractivity (Wildman–Crippen MR) is 105 cm³/mol. The lowest BCUT2D eigenvalue weighted by Gasteiger charge is -2.23. The van der Waals surface area contributed by atoms with Gasteiger partial charge in [0.15, 0.2) is 0 Å². The number of benzene rings is 2. The Morgan fingerprint density at radius 2 is 1.71 bits per heavy atom. The number of halogens is 1. The first-order valence-electron chi connectivity index (χ1n) is 9.70. The molecule has 2 aromatic rings. The summed E-state index contributed by atoms with van der Waals surface area (Å²) in [5, 5.41) is 9.13. The molecule has 0 radical (unpaired) electrons. The number of carbonyl (C=O) groups excluding carboxylic acids is 2. The fraction of sp³-hybridized carbons (Fsp3) is 0.364. The van der Waals surface area contributed by atoms with Crippen molar-refractivity contribution >= 4 is 17.5 Å². The van der Waals surface area contributed by atoms with Crippen molar-refractivity contribution < 1.29 is 14.0 Å². The van der Waals surface area contributed by atoms with Crippen LogP contribution in [0.4, 0.5) is 10.1 Å².